The number of nitrogens with one attached hydrogen (secondary N) is 1. The molecule has 0 radical (unpaired) electrons. The molecule has 0 aliphatic heterocycles. The van der Waals surface area contributed by atoms with Crippen LogP contribution >= 0.6 is 0 Å². The van der Waals surface area contributed by atoms with Crippen LogP contribution in [0.4, 0.5) is 0 Å². The van der Waals surface area contributed by atoms with Crippen molar-refractivity contribution in [1.82, 2.24) is 18.8 Å². The summed E-state index contributed by atoms with van der Waals surface area (Å²) in [6.45, 7) is 0.554. The van der Waals surface area contributed by atoms with Gasteiger partial charge in [0, 0.05) is 14.1 Å². The molecule has 0 unspecified atom stereocenters. The van der Waals surface area contributed by atoms with Gasteiger partial charge in [-0.1, -0.05) is 30.3 Å². The second-order valence-electron chi connectivity index (χ2n) is 4.81. The molecule has 0 amide bonds. The molecule has 7 heteroatoms. The van der Waals surface area contributed by atoms with Gasteiger partial charge in [0.25, 0.3) is 5.56 Å². The maximum absolute atomic E-state index is 12.2. The summed E-state index contributed by atoms with van der Waals surface area (Å²) in [5, 5.41) is 0. The molecule has 1 N–H and O–H groups in total. The van der Waals surface area contributed by atoms with Crippen LogP contribution in [0.3, 0.4) is 0 Å². The minimum Gasteiger partial charge on any atom is -0.320 e. The van der Waals surface area contributed by atoms with Gasteiger partial charge in [0.2, 0.25) is 0 Å². The molecule has 0 aliphatic rings. The van der Waals surface area contributed by atoms with Crippen LogP contribution in [-0.2, 0) is 20.6 Å². The summed E-state index contributed by atoms with van der Waals surface area (Å²) >= 11 is 0. The topological polar surface area (TPSA) is 73.8 Å². The van der Waals surface area contributed by atoms with Crippen molar-refractivity contribution in [1.29, 1.82) is 0 Å². The van der Waals surface area contributed by atoms with E-state index in [4.69, 9.17) is 0 Å². The van der Waals surface area contributed by atoms with Crippen molar-refractivity contribution >= 4 is 11.2 Å². The first-order valence-corrected chi connectivity index (χ1v) is 6.50. The van der Waals surface area contributed by atoms with Crippen LogP contribution in [-0.4, -0.2) is 18.8 Å². The van der Waals surface area contributed by atoms with Gasteiger partial charge in [-0.25, -0.2) is 14.5 Å². The van der Waals surface area contributed by atoms with Crippen LogP contribution in [0.15, 0.2) is 46.2 Å². The molecule has 1 aromatic carbocycles. The molecule has 0 saturated heterocycles. The van der Waals surface area contributed by atoms with E-state index in [1.165, 1.54) is 17.9 Å². The van der Waals surface area contributed by atoms with Gasteiger partial charge in [-0.15, -0.1) is 0 Å². The molecule has 3 rings (SSSR count). The highest BCUT2D eigenvalue weighted by Crippen LogP contribution is 2.05. The number of nitrogens with zero attached hydrogens (tertiary/aromatic N) is 4. The minimum absolute atomic E-state index is 0.357. The molecular formula is C14H15N5O2. The van der Waals surface area contributed by atoms with E-state index >= 15 is 0 Å². The van der Waals surface area contributed by atoms with Crippen molar-refractivity contribution in [2.24, 2.45) is 14.1 Å². The largest absolute Gasteiger partial charge is 0.332 e. The standard InChI is InChI=1S/C14H15N5O2/c1-17-12-11(13(20)18(2)14(17)21)19(9-15-12)16-8-10-6-4-3-5-7-10/h3-7,9,16H,8H2,1-2H3. The van der Waals surface area contributed by atoms with Gasteiger partial charge in [-0.05, 0) is 5.56 Å². The molecule has 2 heterocycles. The second-order valence-corrected chi connectivity index (χ2v) is 4.81. The summed E-state index contributed by atoms with van der Waals surface area (Å²) in [7, 11) is 3.05. The Bertz CT molecular complexity index is 905. The second kappa shape index (κ2) is 4.93. The Labute approximate surface area is 120 Å². The lowest BCUT2D eigenvalue weighted by molar-refractivity contribution is 0.705. The highest BCUT2D eigenvalue weighted by Gasteiger charge is 2.13. The Balaban J connectivity index is 2.05. The molecule has 2 aromatic heterocycles. The normalized spacial score (nSPS) is 11.0. The first kappa shape index (κ1) is 13.2. The predicted octanol–water partition coefficient (Wildman–Crippen LogP) is 0.177. The van der Waals surface area contributed by atoms with Crippen molar-refractivity contribution in [3.63, 3.8) is 0 Å². The number of aryl methyl sites for hydroxylation is 1. The van der Waals surface area contributed by atoms with E-state index in [0.29, 0.717) is 17.7 Å². The van der Waals surface area contributed by atoms with Crippen LogP contribution in [0.2, 0.25) is 0 Å². The van der Waals surface area contributed by atoms with Gasteiger partial charge in [0.05, 0.1) is 6.54 Å². The quantitative estimate of drug-likeness (QED) is 0.745. The van der Waals surface area contributed by atoms with Crippen molar-refractivity contribution in [3.8, 4) is 0 Å². The maximum atomic E-state index is 12.2. The summed E-state index contributed by atoms with van der Waals surface area (Å²) in [5.41, 5.74) is 4.17. The summed E-state index contributed by atoms with van der Waals surface area (Å²) in [6, 6.07) is 9.82. The predicted molar refractivity (Wildman–Crippen MR) is 79.7 cm³/mol. The number of fused-ring (bicyclic) bond motifs is 1. The molecule has 0 spiro atoms. The Morgan fingerprint density at radius 2 is 1.81 bits per heavy atom. The monoisotopic (exact) mass is 285 g/mol. The lowest BCUT2D eigenvalue weighted by Gasteiger charge is -2.09. The summed E-state index contributed by atoms with van der Waals surface area (Å²) in [5.74, 6) is 0. The molecule has 0 atom stereocenters. The van der Waals surface area contributed by atoms with Crippen LogP contribution in [0.5, 0.6) is 0 Å². The zero-order valence-corrected chi connectivity index (χ0v) is 11.8. The fourth-order valence-corrected chi connectivity index (χ4v) is 2.24. The lowest BCUT2D eigenvalue weighted by Crippen LogP contribution is -2.38. The van der Waals surface area contributed by atoms with Gasteiger partial charge >= 0.3 is 5.69 Å². The Morgan fingerprint density at radius 3 is 2.52 bits per heavy atom. The molecule has 0 fully saturated rings. The molecule has 108 valence electrons. The van der Waals surface area contributed by atoms with Crippen molar-refractivity contribution in [2.45, 2.75) is 6.54 Å². The van der Waals surface area contributed by atoms with Gasteiger partial charge in [-0.2, -0.15) is 0 Å². The highest BCUT2D eigenvalue weighted by molar-refractivity contribution is 5.70. The Kier molecular flexibility index (Phi) is 3.09. The van der Waals surface area contributed by atoms with E-state index in [0.717, 1.165) is 10.1 Å². The number of rotatable bonds is 3. The van der Waals surface area contributed by atoms with E-state index in [2.05, 4.69) is 10.4 Å². The van der Waals surface area contributed by atoms with Crippen molar-refractivity contribution in [2.75, 3.05) is 5.43 Å². The first-order chi connectivity index (χ1) is 10.1. The van der Waals surface area contributed by atoms with E-state index in [-0.39, 0.29) is 11.2 Å². The average Bonchev–Trinajstić information content (AvgIpc) is 2.94. The third kappa shape index (κ3) is 2.12. The Hall–Kier alpha value is -2.83. The fraction of sp³-hybridized carbons (Fsp3) is 0.214. The third-order valence-corrected chi connectivity index (χ3v) is 3.44. The smallest absolute Gasteiger partial charge is 0.320 e. The van der Waals surface area contributed by atoms with Gasteiger partial charge < -0.3 is 5.43 Å². The zero-order valence-electron chi connectivity index (χ0n) is 11.8. The summed E-state index contributed by atoms with van der Waals surface area (Å²) in [6.07, 6.45) is 1.51. The summed E-state index contributed by atoms with van der Waals surface area (Å²) in [4.78, 5) is 28.2. The first-order valence-electron chi connectivity index (χ1n) is 6.50. The lowest BCUT2D eigenvalue weighted by atomic mass is 10.2. The van der Waals surface area contributed by atoms with Gasteiger partial charge in [0.1, 0.15) is 6.33 Å². The van der Waals surface area contributed by atoms with Crippen LogP contribution in [0.1, 0.15) is 5.56 Å². The molecular weight excluding hydrogens is 270 g/mol. The fourth-order valence-electron chi connectivity index (χ4n) is 2.24. The molecule has 0 aliphatic carbocycles. The van der Waals surface area contributed by atoms with Crippen molar-refractivity contribution < 1.29 is 0 Å². The molecule has 7 nitrogen and oxygen atoms in total. The van der Waals surface area contributed by atoms with E-state index in [1.54, 1.807) is 11.7 Å². The van der Waals surface area contributed by atoms with Gasteiger partial charge in [-0.3, -0.25) is 13.9 Å². The number of benzene rings is 1. The minimum atomic E-state index is -0.388. The van der Waals surface area contributed by atoms with E-state index < -0.39 is 0 Å². The number of hydrogen-bond donors (Lipinski definition) is 1. The summed E-state index contributed by atoms with van der Waals surface area (Å²) < 4.78 is 3.99. The molecule has 0 saturated carbocycles. The van der Waals surface area contributed by atoms with E-state index in [1.807, 2.05) is 30.3 Å². The molecule has 21 heavy (non-hydrogen) atoms. The van der Waals surface area contributed by atoms with Crippen LogP contribution in [0, 0.1) is 0 Å². The number of imidazole rings is 1. The third-order valence-electron chi connectivity index (χ3n) is 3.44. The van der Waals surface area contributed by atoms with Crippen LogP contribution in [0.25, 0.3) is 11.2 Å². The van der Waals surface area contributed by atoms with Gasteiger partial charge in [0.15, 0.2) is 11.2 Å². The molecule has 3 aromatic rings. The SMILES string of the molecule is Cn1c(=O)c2c(ncn2NCc2ccccc2)n(C)c1=O. The average molecular weight is 285 g/mol. The Morgan fingerprint density at radius 1 is 1.10 bits per heavy atom. The molecule has 0 bridgehead atoms. The number of hydrogen-bond acceptors (Lipinski definition) is 4. The highest BCUT2D eigenvalue weighted by atomic mass is 16.2. The van der Waals surface area contributed by atoms with Crippen LogP contribution < -0.4 is 16.7 Å². The number of aromatic nitrogens is 4. The van der Waals surface area contributed by atoms with E-state index in [9.17, 15) is 9.59 Å². The maximum Gasteiger partial charge on any atom is 0.332 e. The zero-order chi connectivity index (χ0) is 15.0. The van der Waals surface area contributed by atoms with Crippen molar-refractivity contribution in [3.05, 3.63) is 63.1 Å².